The molecule has 82 heavy (non-hydrogen) atoms. The topological polar surface area (TPSA) is 78.9 Å². The Balaban J connectivity index is 4.47. The zero-order valence-corrected chi connectivity index (χ0v) is 52.2. The molecular weight excluding hydrogens is 1010 g/mol. The maximum absolute atomic E-state index is 12.9. The number of unbranched alkanes of at least 4 members (excludes halogenated alkanes) is 13. The van der Waals surface area contributed by atoms with Crippen LogP contribution < -0.4 is 0 Å². The Morgan fingerprint density at radius 3 is 0.841 bits per heavy atom. The van der Waals surface area contributed by atoms with E-state index in [1.54, 1.807) is 0 Å². The van der Waals surface area contributed by atoms with Gasteiger partial charge in [0.1, 0.15) is 13.2 Å². The molecule has 6 nitrogen and oxygen atoms in total. The van der Waals surface area contributed by atoms with Crippen LogP contribution >= 0.6 is 0 Å². The summed E-state index contributed by atoms with van der Waals surface area (Å²) in [5.74, 6) is -1.08. The molecule has 0 aliphatic carbocycles. The second-order valence-corrected chi connectivity index (χ2v) is 20.5. The molecule has 0 aromatic heterocycles. The molecule has 0 rings (SSSR count). The fraction of sp³-hybridized carbons (Fsp3) is 0.539. The van der Waals surface area contributed by atoms with E-state index in [1.165, 1.54) is 51.4 Å². The van der Waals surface area contributed by atoms with Crippen LogP contribution in [0.5, 0.6) is 0 Å². The first kappa shape index (κ1) is 76.2. The van der Waals surface area contributed by atoms with Crippen molar-refractivity contribution in [1.29, 1.82) is 0 Å². The fourth-order valence-corrected chi connectivity index (χ4v) is 8.04. The van der Waals surface area contributed by atoms with Crippen LogP contribution in [0.25, 0.3) is 0 Å². The number of allylic oxidation sites excluding steroid dienone is 32. The van der Waals surface area contributed by atoms with Crippen LogP contribution in [0.3, 0.4) is 0 Å². The Bertz CT molecular complexity index is 1970. The molecule has 0 amide bonds. The number of hydrogen-bond acceptors (Lipinski definition) is 6. The highest BCUT2D eigenvalue weighted by Crippen LogP contribution is 2.13. The Morgan fingerprint density at radius 2 is 0.500 bits per heavy atom. The molecule has 1 atom stereocenters. The number of rotatable bonds is 56. The van der Waals surface area contributed by atoms with Gasteiger partial charge in [-0.05, 0) is 154 Å². The van der Waals surface area contributed by atoms with Gasteiger partial charge < -0.3 is 14.2 Å². The summed E-state index contributed by atoms with van der Waals surface area (Å²) in [6, 6.07) is 0. The molecule has 0 aromatic rings. The van der Waals surface area contributed by atoms with Crippen molar-refractivity contribution in [3.63, 3.8) is 0 Å². The van der Waals surface area contributed by atoms with E-state index < -0.39 is 6.10 Å². The smallest absolute Gasteiger partial charge is 0.306 e. The molecular formula is C76H116O6. The van der Waals surface area contributed by atoms with Crippen molar-refractivity contribution < 1.29 is 28.6 Å². The van der Waals surface area contributed by atoms with Crippen molar-refractivity contribution in [2.75, 3.05) is 13.2 Å². The SMILES string of the molecule is CC/C=C\C/C=C\C/C=C\C/C=C\C/C=C\C/C=C\C/C=C\C/C=C\C/C=C\C/C=C\CCCCC(=O)OCC(COC(=O)CC/C=C\C/C=C\C/C=C\C/C=C\CC)OC(=O)CCCCCCCCC/C=C\C/C=C\CCCCCC. The van der Waals surface area contributed by atoms with Crippen molar-refractivity contribution in [2.24, 2.45) is 0 Å². The highest BCUT2D eigenvalue weighted by molar-refractivity contribution is 5.71. The summed E-state index contributed by atoms with van der Waals surface area (Å²) in [6.45, 7) is 6.27. The lowest BCUT2D eigenvalue weighted by Gasteiger charge is -2.18. The van der Waals surface area contributed by atoms with E-state index in [9.17, 15) is 14.4 Å². The second kappa shape index (κ2) is 67.8. The van der Waals surface area contributed by atoms with Crippen LogP contribution in [0.15, 0.2) is 194 Å². The van der Waals surface area contributed by atoms with Crippen LogP contribution in [-0.4, -0.2) is 37.2 Å². The zero-order chi connectivity index (χ0) is 59.2. The predicted octanol–water partition coefficient (Wildman–Crippen LogP) is 22.6. The maximum Gasteiger partial charge on any atom is 0.306 e. The normalized spacial score (nSPS) is 13.5. The van der Waals surface area contributed by atoms with Crippen molar-refractivity contribution in [1.82, 2.24) is 0 Å². The summed E-state index contributed by atoms with van der Waals surface area (Å²) < 4.78 is 16.8. The van der Waals surface area contributed by atoms with Crippen LogP contribution in [0.2, 0.25) is 0 Å². The van der Waals surface area contributed by atoms with Crippen molar-refractivity contribution in [3.8, 4) is 0 Å². The third kappa shape index (κ3) is 65.1. The van der Waals surface area contributed by atoms with E-state index in [-0.39, 0.29) is 50.4 Å². The minimum Gasteiger partial charge on any atom is -0.462 e. The minimum atomic E-state index is -0.841. The largest absolute Gasteiger partial charge is 0.462 e. The molecule has 0 spiro atoms. The van der Waals surface area contributed by atoms with Gasteiger partial charge in [-0.1, -0.05) is 267 Å². The number of ether oxygens (including phenoxy) is 3. The van der Waals surface area contributed by atoms with Gasteiger partial charge in [0.05, 0.1) is 0 Å². The lowest BCUT2D eigenvalue weighted by atomic mass is 10.1. The van der Waals surface area contributed by atoms with E-state index in [2.05, 4.69) is 203 Å². The van der Waals surface area contributed by atoms with Gasteiger partial charge in [0, 0.05) is 19.3 Å². The molecule has 0 N–H and O–H groups in total. The van der Waals surface area contributed by atoms with Crippen molar-refractivity contribution >= 4 is 17.9 Å². The molecule has 0 radical (unpaired) electrons. The summed E-state index contributed by atoms with van der Waals surface area (Å²) in [6.07, 6.45) is 103. The standard InChI is InChI=1S/C76H116O6/c1-4-7-10-13-16-19-22-25-27-29-31-32-33-34-35-36-37-38-39-40-41-42-43-44-45-47-48-51-54-57-60-63-66-69-75(78)81-72-73(71-80-74(77)68-65-62-59-56-53-50-24-21-18-15-12-9-6-3)82-76(79)70-67-64-61-58-55-52-49-46-30-28-26-23-20-17-14-11-8-5-2/h7,9-10,12,16,18-21,23,25,27-28,30-32,34-35,37-38,40-41,43-44,47-48,50,53-54,57,59,62,73H,4-6,8,11,13-15,17,22,24,26,29,33,36,39,42,45-46,49,51-52,55-56,58,60-61,63-72H2,1-3H3/b10-7-,12-9-,19-16-,21-18-,23-20-,27-25-,30-28-,32-31-,35-34-,38-37-,41-40-,44-43-,48-47-,53-50-,57-54-,62-59-. The Hall–Kier alpha value is -5.75. The lowest BCUT2D eigenvalue weighted by Crippen LogP contribution is -2.30. The number of carbonyl (C=O) groups excluding carboxylic acids is 3. The lowest BCUT2D eigenvalue weighted by molar-refractivity contribution is -0.166. The number of hydrogen-bond donors (Lipinski definition) is 0. The van der Waals surface area contributed by atoms with Crippen LogP contribution in [0.1, 0.15) is 245 Å². The Kier molecular flexibility index (Phi) is 63.0. The van der Waals surface area contributed by atoms with Gasteiger partial charge in [0.2, 0.25) is 0 Å². The molecule has 0 aliphatic heterocycles. The number of carbonyl (C=O) groups is 3. The molecule has 0 aromatic carbocycles. The first-order chi connectivity index (χ1) is 40.5. The summed E-state index contributed by atoms with van der Waals surface area (Å²) in [7, 11) is 0. The molecule has 0 bridgehead atoms. The first-order valence-corrected chi connectivity index (χ1v) is 32.4. The molecule has 0 fully saturated rings. The quantitative estimate of drug-likeness (QED) is 0.0261. The van der Waals surface area contributed by atoms with Gasteiger partial charge in [-0.3, -0.25) is 14.4 Å². The highest BCUT2D eigenvalue weighted by atomic mass is 16.6. The molecule has 0 saturated heterocycles. The molecule has 0 heterocycles. The summed E-state index contributed by atoms with van der Waals surface area (Å²) in [4.78, 5) is 38.2. The molecule has 0 saturated carbocycles. The molecule has 6 heteroatoms. The van der Waals surface area contributed by atoms with E-state index in [0.717, 1.165) is 141 Å². The highest BCUT2D eigenvalue weighted by Gasteiger charge is 2.19. The van der Waals surface area contributed by atoms with Crippen molar-refractivity contribution in [2.45, 2.75) is 252 Å². The third-order valence-electron chi connectivity index (χ3n) is 12.8. The third-order valence-corrected chi connectivity index (χ3v) is 12.8. The molecule has 456 valence electrons. The van der Waals surface area contributed by atoms with Gasteiger partial charge in [-0.15, -0.1) is 0 Å². The second-order valence-electron chi connectivity index (χ2n) is 20.5. The summed E-state index contributed by atoms with van der Waals surface area (Å²) >= 11 is 0. The van der Waals surface area contributed by atoms with Crippen LogP contribution in [0, 0.1) is 0 Å². The van der Waals surface area contributed by atoms with E-state index >= 15 is 0 Å². The fourth-order valence-electron chi connectivity index (χ4n) is 8.04. The average Bonchev–Trinajstić information content (AvgIpc) is 3.47. The molecule has 0 aliphatic rings. The molecule has 1 unspecified atom stereocenters. The monoisotopic (exact) mass is 1120 g/mol. The zero-order valence-electron chi connectivity index (χ0n) is 52.2. The summed E-state index contributed by atoms with van der Waals surface area (Å²) in [5.41, 5.74) is 0. The minimum absolute atomic E-state index is 0.136. The van der Waals surface area contributed by atoms with E-state index in [4.69, 9.17) is 14.2 Å². The Labute approximate surface area is 503 Å². The first-order valence-electron chi connectivity index (χ1n) is 32.4. The average molecular weight is 1130 g/mol. The van der Waals surface area contributed by atoms with Crippen LogP contribution in [-0.2, 0) is 28.6 Å². The maximum atomic E-state index is 12.9. The van der Waals surface area contributed by atoms with Gasteiger partial charge in [-0.2, -0.15) is 0 Å². The van der Waals surface area contributed by atoms with Crippen LogP contribution in [0.4, 0.5) is 0 Å². The van der Waals surface area contributed by atoms with Gasteiger partial charge >= 0.3 is 17.9 Å². The van der Waals surface area contributed by atoms with Crippen molar-refractivity contribution in [3.05, 3.63) is 194 Å². The Morgan fingerprint density at radius 1 is 0.256 bits per heavy atom. The predicted molar refractivity (Wildman–Crippen MR) is 357 cm³/mol. The van der Waals surface area contributed by atoms with Gasteiger partial charge in [0.25, 0.3) is 0 Å². The van der Waals surface area contributed by atoms with E-state index in [0.29, 0.717) is 12.8 Å². The van der Waals surface area contributed by atoms with Gasteiger partial charge in [-0.25, -0.2) is 0 Å². The van der Waals surface area contributed by atoms with E-state index in [1.807, 2.05) is 12.2 Å². The van der Waals surface area contributed by atoms with Gasteiger partial charge in [0.15, 0.2) is 6.10 Å². The number of esters is 3. The summed E-state index contributed by atoms with van der Waals surface area (Å²) in [5, 5.41) is 0.